The number of aryl methyl sites for hydroxylation is 1. The molecule has 0 atom stereocenters. The number of benzene rings is 2. The summed E-state index contributed by atoms with van der Waals surface area (Å²) in [5.41, 5.74) is 2.52. The summed E-state index contributed by atoms with van der Waals surface area (Å²) in [6.45, 7) is 0. The molecular formula is C21H24NO6+. The Hall–Kier alpha value is -3.35. The molecule has 148 valence electrons. The summed E-state index contributed by atoms with van der Waals surface area (Å²) in [6, 6.07) is 9.40. The Balaban J connectivity index is 2.22. The Morgan fingerprint density at radius 3 is 1.93 bits per heavy atom. The van der Waals surface area contributed by atoms with Gasteiger partial charge in [-0.05, 0) is 34.6 Å². The van der Waals surface area contributed by atoms with Gasteiger partial charge in [-0.2, -0.15) is 0 Å². The number of nitrogens with zero attached hydrogens (tertiary/aromatic N) is 1. The predicted octanol–water partition coefficient (Wildman–Crippen LogP) is 3.48. The maximum Gasteiger partial charge on any atom is 0.228 e. The van der Waals surface area contributed by atoms with Crippen molar-refractivity contribution in [2.75, 3.05) is 35.5 Å². The SMILES string of the molecule is COc1ccc(-c2c[n+](C)oc2-c2ccc(OC)c(OC)c2OC)cc1OC. The van der Waals surface area contributed by atoms with Crippen LogP contribution in [0.3, 0.4) is 0 Å². The molecule has 3 aromatic rings. The Labute approximate surface area is 163 Å². The fourth-order valence-corrected chi connectivity index (χ4v) is 3.14. The van der Waals surface area contributed by atoms with Crippen molar-refractivity contribution in [1.82, 2.24) is 0 Å². The molecule has 0 aliphatic heterocycles. The van der Waals surface area contributed by atoms with Gasteiger partial charge < -0.3 is 23.7 Å². The maximum absolute atomic E-state index is 5.97. The monoisotopic (exact) mass is 386 g/mol. The van der Waals surface area contributed by atoms with E-state index in [4.69, 9.17) is 28.2 Å². The number of rotatable bonds is 7. The second kappa shape index (κ2) is 8.12. The zero-order valence-electron chi connectivity index (χ0n) is 16.9. The van der Waals surface area contributed by atoms with Gasteiger partial charge in [0.05, 0.1) is 41.1 Å². The number of ether oxygens (including phenoxy) is 5. The van der Waals surface area contributed by atoms with Crippen LogP contribution in [0.25, 0.3) is 22.5 Å². The van der Waals surface area contributed by atoms with E-state index in [-0.39, 0.29) is 0 Å². The van der Waals surface area contributed by atoms with Crippen LogP contribution < -0.4 is 28.4 Å². The number of hydrogen-bond donors (Lipinski definition) is 0. The van der Waals surface area contributed by atoms with Crippen molar-refractivity contribution in [3.05, 3.63) is 36.5 Å². The number of methoxy groups -OCH3 is 5. The van der Waals surface area contributed by atoms with Crippen LogP contribution in [0.2, 0.25) is 0 Å². The molecule has 2 aromatic carbocycles. The summed E-state index contributed by atoms with van der Waals surface area (Å²) < 4.78 is 34.9. The van der Waals surface area contributed by atoms with Crippen molar-refractivity contribution in [3.63, 3.8) is 0 Å². The molecular weight excluding hydrogens is 362 g/mol. The standard InChI is InChI=1S/C21H24NO6/c1-22-12-15(13-7-9-16(23-2)18(11-13)25-4)19(28-22)14-8-10-17(24-3)21(27-6)20(14)26-5/h7-12H,1-6H3/q+1. The second-order valence-electron chi connectivity index (χ2n) is 5.96. The largest absolute Gasteiger partial charge is 0.493 e. The van der Waals surface area contributed by atoms with Crippen LogP contribution >= 0.6 is 0 Å². The Morgan fingerprint density at radius 2 is 1.32 bits per heavy atom. The van der Waals surface area contributed by atoms with E-state index in [1.807, 2.05) is 43.6 Å². The minimum Gasteiger partial charge on any atom is -0.493 e. The van der Waals surface area contributed by atoms with Gasteiger partial charge in [0.1, 0.15) is 5.56 Å². The van der Waals surface area contributed by atoms with E-state index >= 15 is 0 Å². The topological polar surface area (TPSA) is 63.2 Å². The molecule has 0 spiro atoms. The van der Waals surface area contributed by atoms with Crippen LogP contribution in [-0.2, 0) is 7.05 Å². The fraction of sp³-hybridized carbons (Fsp3) is 0.286. The highest BCUT2D eigenvalue weighted by Crippen LogP contribution is 2.46. The van der Waals surface area contributed by atoms with E-state index in [2.05, 4.69) is 0 Å². The summed E-state index contributed by atoms with van der Waals surface area (Å²) in [7, 11) is 9.77. The Bertz CT molecular complexity index is 979. The lowest BCUT2D eigenvalue weighted by molar-refractivity contribution is -0.843. The lowest BCUT2D eigenvalue weighted by Gasteiger charge is -2.14. The first kappa shape index (κ1) is 19.4. The summed E-state index contributed by atoms with van der Waals surface area (Å²) in [5.74, 6) is 3.52. The van der Waals surface area contributed by atoms with Gasteiger partial charge in [0.25, 0.3) is 0 Å². The molecule has 7 heteroatoms. The molecule has 0 aliphatic carbocycles. The number of hydrogen-bond acceptors (Lipinski definition) is 6. The van der Waals surface area contributed by atoms with Crippen LogP contribution in [0.15, 0.2) is 41.1 Å². The van der Waals surface area contributed by atoms with E-state index in [0.717, 1.165) is 16.7 Å². The third-order valence-corrected chi connectivity index (χ3v) is 4.43. The highest BCUT2D eigenvalue weighted by molar-refractivity contribution is 5.84. The molecule has 0 fully saturated rings. The van der Waals surface area contributed by atoms with E-state index in [1.54, 1.807) is 40.3 Å². The van der Waals surface area contributed by atoms with Crippen LogP contribution in [0.5, 0.6) is 28.7 Å². The first-order chi connectivity index (χ1) is 13.6. The fourth-order valence-electron chi connectivity index (χ4n) is 3.14. The lowest BCUT2D eigenvalue weighted by Crippen LogP contribution is -2.22. The Kier molecular flexibility index (Phi) is 5.63. The van der Waals surface area contributed by atoms with Crippen molar-refractivity contribution < 1.29 is 32.9 Å². The molecule has 1 aromatic heterocycles. The predicted molar refractivity (Wildman–Crippen MR) is 104 cm³/mol. The molecule has 0 amide bonds. The molecule has 0 bridgehead atoms. The van der Waals surface area contributed by atoms with Gasteiger partial charge in [-0.25, -0.2) is 4.52 Å². The average Bonchev–Trinajstić information content (AvgIpc) is 3.13. The van der Waals surface area contributed by atoms with E-state index in [9.17, 15) is 0 Å². The summed E-state index contributed by atoms with van der Waals surface area (Å²) >= 11 is 0. The summed E-state index contributed by atoms with van der Waals surface area (Å²) in [4.78, 5) is 0. The maximum atomic E-state index is 5.97. The van der Waals surface area contributed by atoms with Gasteiger partial charge in [-0.3, -0.25) is 0 Å². The quantitative estimate of drug-likeness (QED) is 0.580. The summed E-state index contributed by atoms with van der Waals surface area (Å²) in [6.07, 6.45) is 1.90. The molecule has 1 heterocycles. The normalized spacial score (nSPS) is 10.5. The highest BCUT2D eigenvalue weighted by Gasteiger charge is 2.26. The lowest BCUT2D eigenvalue weighted by atomic mass is 10.0. The van der Waals surface area contributed by atoms with Crippen LogP contribution in [0.4, 0.5) is 0 Å². The average molecular weight is 386 g/mol. The molecule has 28 heavy (non-hydrogen) atoms. The van der Waals surface area contributed by atoms with Crippen LogP contribution in [0, 0.1) is 0 Å². The first-order valence-electron chi connectivity index (χ1n) is 8.59. The molecule has 0 aliphatic rings. The minimum absolute atomic E-state index is 0.500. The van der Waals surface area contributed by atoms with Gasteiger partial charge in [0.15, 0.2) is 30.0 Å². The van der Waals surface area contributed by atoms with Crippen LogP contribution in [0.1, 0.15) is 0 Å². The first-order valence-corrected chi connectivity index (χ1v) is 8.59. The molecule has 0 radical (unpaired) electrons. The molecule has 0 saturated heterocycles. The smallest absolute Gasteiger partial charge is 0.228 e. The van der Waals surface area contributed by atoms with Gasteiger partial charge in [0, 0.05) is 0 Å². The van der Waals surface area contributed by atoms with Crippen molar-refractivity contribution in [2.24, 2.45) is 7.05 Å². The highest BCUT2D eigenvalue weighted by atomic mass is 16.5. The van der Waals surface area contributed by atoms with E-state index in [0.29, 0.717) is 34.5 Å². The van der Waals surface area contributed by atoms with E-state index in [1.165, 1.54) is 0 Å². The molecule has 3 rings (SSSR count). The third kappa shape index (κ3) is 3.31. The van der Waals surface area contributed by atoms with Gasteiger partial charge >= 0.3 is 0 Å². The van der Waals surface area contributed by atoms with Gasteiger partial charge in [-0.1, -0.05) is 6.07 Å². The third-order valence-electron chi connectivity index (χ3n) is 4.43. The zero-order chi connectivity index (χ0) is 20.3. The second-order valence-corrected chi connectivity index (χ2v) is 5.96. The van der Waals surface area contributed by atoms with Gasteiger partial charge in [-0.15, -0.1) is 0 Å². The minimum atomic E-state index is 0.500. The van der Waals surface area contributed by atoms with Crippen molar-refractivity contribution in [3.8, 4) is 51.2 Å². The molecule has 0 saturated carbocycles. The van der Waals surface area contributed by atoms with Crippen LogP contribution in [-0.4, -0.2) is 35.5 Å². The summed E-state index contributed by atoms with van der Waals surface area (Å²) in [5, 5.41) is 0. The van der Waals surface area contributed by atoms with Crippen molar-refractivity contribution in [1.29, 1.82) is 0 Å². The van der Waals surface area contributed by atoms with E-state index < -0.39 is 0 Å². The van der Waals surface area contributed by atoms with Crippen molar-refractivity contribution in [2.45, 2.75) is 0 Å². The number of aromatic nitrogens is 1. The van der Waals surface area contributed by atoms with Crippen molar-refractivity contribution >= 4 is 0 Å². The molecule has 0 N–H and O–H groups in total. The molecule has 0 unspecified atom stereocenters. The zero-order valence-corrected chi connectivity index (χ0v) is 16.9. The van der Waals surface area contributed by atoms with Gasteiger partial charge in [0.2, 0.25) is 17.7 Å². The Morgan fingerprint density at radius 1 is 0.679 bits per heavy atom. The molecule has 7 nitrogen and oxygen atoms in total.